The number of amides is 2. The fraction of sp³-hybridized carbons (Fsp3) is 0.818. The minimum Gasteiger partial charge on any atom is -0.345 e. The van der Waals surface area contributed by atoms with Crippen molar-refractivity contribution in [3.8, 4) is 0 Å². The molecule has 2 rings (SSSR count). The van der Waals surface area contributed by atoms with Gasteiger partial charge in [-0.1, -0.05) is 0 Å². The SMILES string of the molecule is CS(=O)(=O)CCCN1C(=O)CNC(=O)C1C1CC1. The first-order valence-electron chi connectivity index (χ1n) is 6.13. The van der Waals surface area contributed by atoms with Crippen molar-refractivity contribution in [1.29, 1.82) is 0 Å². The first-order valence-corrected chi connectivity index (χ1v) is 8.19. The lowest BCUT2D eigenvalue weighted by atomic mass is 10.1. The van der Waals surface area contributed by atoms with Gasteiger partial charge in [0.2, 0.25) is 11.8 Å². The Balaban J connectivity index is 1.97. The predicted octanol–water partition coefficient (Wildman–Crippen LogP) is -0.842. The number of hydrogen-bond acceptors (Lipinski definition) is 4. The number of sulfone groups is 1. The van der Waals surface area contributed by atoms with Crippen molar-refractivity contribution in [3.05, 3.63) is 0 Å². The number of carbonyl (C=O) groups excluding carboxylic acids is 2. The van der Waals surface area contributed by atoms with Crippen LogP contribution >= 0.6 is 0 Å². The van der Waals surface area contributed by atoms with Crippen LogP contribution in [-0.4, -0.2) is 56.3 Å². The maximum atomic E-state index is 11.8. The molecule has 0 aromatic rings. The Morgan fingerprint density at radius 3 is 2.56 bits per heavy atom. The molecule has 1 atom stereocenters. The summed E-state index contributed by atoms with van der Waals surface area (Å²) in [6.45, 7) is 0.376. The van der Waals surface area contributed by atoms with Crippen LogP contribution in [-0.2, 0) is 19.4 Å². The second-order valence-corrected chi connectivity index (χ2v) is 7.33. The maximum Gasteiger partial charge on any atom is 0.243 e. The highest BCUT2D eigenvalue weighted by atomic mass is 32.2. The number of nitrogens with one attached hydrogen (secondary N) is 1. The van der Waals surface area contributed by atoms with Gasteiger partial charge in [-0.05, 0) is 25.2 Å². The third-order valence-corrected chi connectivity index (χ3v) is 4.35. The molecule has 2 fully saturated rings. The molecule has 0 aromatic carbocycles. The van der Waals surface area contributed by atoms with Crippen LogP contribution < -0.4 is 5.32 Å². The summed E-state index contributed by atoms with van der Waals surface area (Å²) in [5.41, 5.74) is 0. The second-order valence-electron chi connectivity index (χ2n) is 5.07. The molecule has 102 valence electrons. The van der Waals surface area contributed by atoms with Gasteiger partial charge < -0.3 is 10.2 Å². The number of hydrogen-bond donors (Lipinski definition) is 1. The van der Waals surface area contributed by atoms with Gasteiger partial charge in [-0.15, -0.1) is 0 Å². The molecule has 0 aromatic heterocycles. The summed E-state index contributed by atoms with van der Waals surface area (Å²) in [4.78, 5) is 25.1. The summed E-state index contributed by atoms with van der Waals surface area (Å²) in [7, 11) is -3.02. The predicted molar refractivity (Wildman–Crippen MR) is 65.6 cm³/mol. The van der Waals surface area contributed by atoms with E-state index in [-0.39, 0.29) is 36.1 Å². The summed E-state index contributed by atoms with van der Waals surface area (Å²) in [6.07, 6.45) is 3.50. The van der Waals surface area contributed by atoms with E-state index in [4.69, 9.17) is 0 Å². The van der Waals surface area contributed by atoms with Gasteiger partial charge in [-0.25, -0.2) is 8.42 Å². The van der Waals surface area contributed by atoms with E-state index in [9.17, 15) is 18.0 Å². The zero-order chi connectivity index (χ0) is 13.3. The van der Waals surface area contributed by atoms with E-state index < -0.39 is 9.84 Å². The molecule has 1 aliphatic heterocycles. The Morgan fingerprint density at radius 2 is 2.00 bits per heavy atom. The number of rotatable bonds is 5. The van der Waals surface area contributed by atoms with Crippen LogP contribution in [0.25, 0.3) is 0 Å². The van der Waals surface area contributed by atoms with Crippen LogP contribution in [0.4, 0.5) is 0 Å². The third-order valence-electron chi connectivity index (χ3n) is 3.32. The highest BCUT2D eigenvalue weighted by molar-refractivity contribution is 7.90. The molecule has 2 amide bonds. The molecule has 2 aliphatic rings. The van der Waals surface area contributed by atoms with E-state index in [1.807, 2.05) is 0 Å². The molecular weight excluding hydrogens is 256 g/mol. The quantitative estimate of drug-likeness (QED) is 0.708. The van der Waals surface area contributed by atoms with E-state index >= 15 is 0 Å². The van der Waals surface area contributed by atoms with E-state index in [1.54, 1.807) is 4.90 Å². The summed E-state index contributed by atoms with van der Waals surface area (Å²) < 4.78 is 22.1. The van der Waals surface area contributed by atoms with E-state index in [1.165, 1.54) is 6.26 Å². The first-order chi connectivity index (χ1) is 8.38. The van der Waals surface area contributed by atoms with Gasteiger partial charge in [0, 0.05) is 12.8 Å². The van der Waals surface area contributed by atoms with Crippen LogP contribution in [0.3, 0.4) is 0 Å². The molecule has 0 radical (unpaired) electrons. The summed E-state index contributed by atoms with van der Waals surface area (Å²) in [5, 5.41) is 2.59. The number of carbonyl (C=O) groups is 2. The zero-order valence-electron chi connectivity index (χ0n) is 10.4. The average molecular weight is 274 g/mol. The minimum atomic E-state index is -3.02. The zero-order valence-corrected chi connectivity index (χ0v) is 11.2. The van der Waals surface area contributed by atoms with Gasteiger partial charge in [0.05, 0.1) is 12.3 Å². The van der Waals surface area contributed by atoms with Gasteiger partial charge in [-0.3, -0.25) is 9.59 Å². The third kappa shape index (κ3) is 3.22. The summed E-state index contributed by atoms with van der Waals surface area (Å²) in [6, 6.07) is -0.384. The Hall–Kier alpha value is -1.11. The van der Waals surface area contributed by atoms with Gasteiger partial charge >= 0.3 is 0 Å². The molecular formula is C11H18N2O4S. The lowest BCUT2D eigenvalue weighted by Gasteiger charge is -2.35. The van der Waals surface area contributed by atoms with Gasteiger partial charge in [0.1, 0.15) is 15.9 Å². The highest BCUT2D eigenvalue weighted by Crippen LogP contribution is 2.36. The molecule has 0 spiro atoms. The fourth-order valence-electron chi connectivity index (χ4n) is 2.31. The Labute approximate surface area is 107 Å². The number of piperazine rings is 1. The lowest BCUT2D eigenvalue weighted by molar-refractivity contribution is -0.146. The average Bonchev–Trinajstić information content (AvgIpc) is 3.05. The molecule has 1 aliphatic carbocycles. The standard InChI is InChI=1S/C11H18N2O4S/c1-18(16,17)6-2-5-13-9(14)7-12-11(15)10(13)8-3-4-8/h8,10H,2-7H2,1H3,(H,12,15). The normalized spacial score (nSPS) is 25.2. The Kier molecular flexibility index (Phi) is 3.61. The topological polar surface area (TPSA) is 83.6 Å². The van der Waals surface area contributed by atoms with Crippen LogP contribution in [0.5, 0.6) is 0 Å². The summed E-state index contributed by atoms with van der Waals surface area (Å²) >= 11 is 0. The van der Waals surface area contributed by atoms with E-state index in [2.05, 4.69) is 5.32 Å². The van der Waals surface area contributed by atoms with Crippen LogP contribution in [0.15, 0.2) is 0 Å². The monoisotopic (exact) mass is 274 g/mol. The summed E-state index contributed by atoms with van der Waals surface area (Å²) in [5.74, 6) is 0.0967. The van der Waals surface area contributed by atoms with Gasteiger partial charge in [-0.2, -0.15) is 0 Å². The lowest BCUT2D eigenvalue weighted by Crippen LogP contribution is -2.59. The molecule has 1 heterocycles. The smallest absolute Gasteiger partial charge is 0.243 e. The second kappa shape index (κ2) is 4.87. The van der Waals surface area contributed by atoms with E-state index in [0.29, 0.717) is 13.0 Å². The largest absolute Gasteiger partial charge is 0.345 e. The number of nitrogens with zero attached hydrogens (tertiary/aromatic N) is 1. The molecule has 6 nitrogen and oxygen atoms in total. The molecule has 1 saturated carbocycles. The van der Waals surface area contributed by atoms with Crippen molar-refractivity contribution in [2.24, 2.45) is 5.92 Å². The van der Waals surface area contributed by atoms with Crippen molar-refractivity contribution >= 4 is 21.7 Å². The van der Waals surface area contributed by atoms with Gasteiger partial charge in [0.25, 0.3) is 0 Å². The first kappa shape index (κ1) is 13.3. The maximum absolute atomic E-state index is 11.8. The fourth-order valence-corrected chi connectivity index (χ4v) is 2.96. The molecule has 1 N–H and O–H groups in total. The van der Waals surface area contributed by atoms with Crippen molar-refractivity contribution in [2.45, 2.75) is 25.3 Å². The Morgan fingerprint density at radius 1 is 1.33 bits per heavy atom. The van der Waals surface area contributed by atoms with Crippen molar-refractivity contribution in [3.63, 3.8) is 0 Å². The molecule has 18 heavy (non-hydrogen) atoms. The van der Waals surface area contributed by atoms with Crippen LogP contribution in [0, 0.1) is 5.92 Å². The molecule has 1 saturated heterocycles. The molecule has 0 bridgehead atoms. The van der Waals surface area contributed by atoms with Crippen molar-refractivity contribution in [1.82, 2.24) is 10.2 Å². The molecule has 1 unspecified atom stereocenters. The van der Waals surface area contributed by atoms with Crippen LogP contribution in [0.1, 0.15) is 19.3 Å². The minimum absolute atomic E-state index is 0.0287. The van der Waals surface area contributed by atoms with Crippen molar-refractivity contribution in [2.75, 3.05) is 25.1 Å². The Bertz CT molecular complexity index is 456. The van der Waals surface area contributed by atoms with Gasteiger partial charge in [0.15, 0.2) is 0 Å². The highest BCUT2D eigenvalue weighted by Gasteiger charge is 2.44. The molecule has 7 heteroatoms. The van der Waals surface area contributed by atoms with Crippen LogP contribution in [0.2, 0.25) is 0 Å². The van der Waals surface area contributed by atoms with E-state index in [0.717, 1.165) is 12.8 Å². The van der Waals surface area contributed by atoms with Crippen molar-refractivity contribution < 1.29 is 18.0 Å².